The van der Waals surface area contributed by atoms with Crippen molar-refractivity contribution >= 4 is 5.91 Å². The van der Waals surface area contributed by atoms with E-state index in [4.69, 9.17) is 5.11 Å². The van der Waals surface area contributed by atoms with Gasteiger partial charge in [0.25, 0.3) is 0 Å². The van der Waals surface area contributed by atoms with Gasteiger partial charge in [-0.25, -0.2) is 0 Å². The number of rotatable bonds is 6. The molecular formula is C26H45NO3. The fourth-order valence-electron chi connectivity index (χ4n) is 9.05. The maximum absolute atomic E-state index is 12.0. The minimum atomic E-state index is -0.0558. The van der Waals surface area contributed by atoms with Crippen LogP contribution in [-0.2, 0) is 4.79 Å². The lowest BCUT2D eigenvalue weighted by Crippen LogP contribution is -2.54. The van der Waals surface area contributed by atoms with Crippen molar-refractivity contribution in [1.29, 1.82) is 0 Å². The van der Waals surface area contributed by atoms with Gasteiger partial charge in [-0.05, 0) is 111 Å². The molecule has 0 spiro atoms. The first kappa shape index (κ1) is 22.6. The second-order valence-corrected chi connectivity index (χ2v) is 11.9. The Morgan fingerprint density at radius 3 is 2.53 bits per heavy atom. The number of amides is 1. The van der Waals surface area contributed by atoms with Crippen LogP contribution in [0.3, 0.4) is 0 Å². The van der Waals surface area contributed by atoms with Crippen LogP contribution >= 0.6 is 0 Å². The molecule has 0 radical (unpaired) electrons. The third-order valence-corrected chi connectivity index (χ3v) is 10.7. The van der Waals surface area contributed by atoms with Gasteiger partial charge in [-0.1, -0.05) is 20.8 Å². The maximum Gasteiger partial charge on any atom is 0.220 e. The van der Waals surface area contributed by atoms with E-state index in [-0.39, 0.29) is 18.6 Å². The molecule has 0 saturated heterocycles. The molecule has 0 aromatic carbocycles. The molecule has 0 aromatic rings. The predicted octanol–water partition coefficient (Wildman–Crippen LogP) is 4.53. The minimum absolute atomic E-state index is 0.0188. The molecular weight excluding hydrogens is 374 g/mol. The first-order chi connectivity index (χ1) is 14.3. The Bertz CT molecular complexity index is 623. The highest BCUT2D eigenvalue weighted by atomic mass is 16.3. The minimum Gasteiger partial charge on any atom is -0.395 e. The van der Waals surface area contributed by atoms with Gasteiger partial charge in [0.1, 0.15) is 0 Å². The summed E-state index contributed by atoms with van der Waals surface area (Å²) in [6.07, 6.45) is 12.9. The van der Waals surface area contributed by atoms with Gasteiger partial charge in [-0.2, -0.15) is 0 Å². The Kier molecular flexibility index (Phi) is 6.57. The Balaban J connectivity index is 1.42. The van der Waals surface area contributed by atoms with Crippen LogP contribution in [0.15, 0.2) is 0 Å². The second-order valence-electron chi connectivity index (χ2n) is 11.9. The lowest BCUT2D eigenvalue weighted by atomic mass is 9.44. The zero-order chi connectivity index (χ0) is 21.5. The smallest absolute Gasteiger partial charge is 0.220 e. The molecule has 30 heavy (non-hydrogen) atoms. The van der Waals surface area contributed by atoms with Gasteiger partial charge >= 0.3 is 0 Å². The molecule has 4 fully saturated rings. The zero-order valence-corrected chi connectivity index (χ0v) is 19.5. The molecule has 4 aliphatic carbocycles. The molecule has 4 heteroatoms. The highest BCUT2D eigenvalue weighted by Gasteiger charge is 2.60. The van der Waals surface area contributed by atoms with Crippen LogP contribution in [0, 0.1) is 46.3 Å². The summed E-state index contributed by atoms with van der Waals surface area (Å²) in [6, 6.07) is 0. The summed E-state index contributed by atoms with van der Waals surface area (Å²) in [4.78, 5) is 12.0. The van der Waals surface area contributed by atoms with Crippen LogP contribution in [-0.4, -0.2) is 35.4 Å². The largest absolute Gasteiger partial charge is 0.395 e. The second kappa shape index (κ2) is 8.73. The van der Waals surface area contributed by atoms with E-state index in [9.17, 15) is 9.90 Å². The van der Waals surface area contributed by atoms with Gasteiger partial charge in [0.15, 0.2) is 0 Å². The lowest BCUT2D eigenvalue weighted by Gasteiger charge is -2.61. The molecule has 4 saturated carbocycles. The molecule has 1 amide bonds. The Morgan fingerprint density at radius 2 is 1.77 bits per heavy atom. The summed E-state index contributed by atoms with van der Waals surface area (Å²) in [7, 11) is 0. The molecule has 0 unspecified atom stereocenters. The number of hydrogen-bond donors (Lipinski definition) is 3. The SMILES string of the molecule is C[C@@H](CCC(=O)NCCO)[C@@H]1CC[C@@H]2[C@H]3CC[C@H]4C[C@@H](O)CC[C@]4(C)[C@@H]3CC[C@]21C. The van der Waals surface area contributed by atoms with Crippen LogP contribution in [0.2, 0.25) is 0 Å². The van der Waals surface area contributed by atoms with E-state index < -0.39 is 0 Å². The van der Waals surface area contributed by atoms with Gasteiger partial charge in [-0.15, -0.1) is 0 Å². The van der Waals surface area contributed by atoms with Gasteiger partial charge < -0.3 is 15.5 Å². The summed E-state index contributed by atoms with van der Waals surface area (Å²) in [5.74, 6) is 4.76. The molecule has 4 aliphatic rings. The van der Waals surface area contributed by atoms with Crippen LogP contribution in [0.5, 0.6) is 0 Å². The maximum atomic E-state index is 12.0. The zero-order valence-electron chi connectivity index (χ0n) is 19.5. The summed E-state index contributed by atoms with van der Waals surface area (Å²) in [5, 5.41) is 21.9. The predicted molar refractivity (Wildman–Crippen MR) is 120 cm³/mol. The monoisotopic (exact) mass is 419 g/mol. The average molecular weight is 420 g/mol. The fraction of sp³-hybridized carbons (Fsp3) is 0.962. The number of nitrogens with one attached hydrogen (secondary N) is 1. The standard InChI is InChI=1S/C26H45NO3/c1-17(4-9-24(30)27-14-15-28)21-7-8-22-20-6-5-18-16-19(29)10-12-25(18,2)23(20)11-13-26(21,22)3/h17-23,28-29H,4-16H2,1-3H3,(H,27,30)/t17-,18-,19-,20+,21-,22+,23+,25-,26-/m0/s1. The van der Waals surface area contributed by atoms with E-state index in [1.165, 1.54) is 44.9 Å². The highest BCUT2D eigenvalue weighted by Crippen LogP contribution is 2.68. The Labute approximate surface area is 183 Å². The van der Waals surface area contributed by atoms with Crippen molar-refractivity contribution in [2.24, 2.45) is 46.3 Å². The van der Waals surface area contributed by atoms with Crippen LogP contribution in [0.1, 0.15) is 91.4 Å². The summed E-state index contributed by atoms with van der Waals surface area (Å²) >= 11 is 0. The van der Waals surface area contributed by atoms with Crippen molar-refractivity contribution in [3.05, 3.63) is 0 Å². The molecule has 4 nitrogen and oxygen atoms in total. The fourth-order valence-corrected chi connectivity index (χ4v) is 9.05. The van der Waals surface area contributed by atoms with Crippen molar-refractivity contribution in [3.8, 4) is 0 Å². The summed E-state index contributed by atoms with van der Waals surface area (Å²) < 4.78 is 0. The van der Waals surface area contributed by atoms with Crippen molar-refractivity contribution < 1.29 is 15.0 Å². The molecule has 4 rings (SSSR count). The Morgan fingerprint density at radius 1 is 1.03 bits per heavy atom. The molecule has 0 aliphatic heterocycles. The normalized spacial score (nSPS) is 46.4. The number of carbonyl (C=O) groups excluding carboxylic acids is 1. The number of hydrogen-bond acceptors (Lipinski definition) is 3. The molecule has 3 N–H and O–H groups in total. The number of aliphatic hydroxyl groups excluding tert-OH is 2. The van der Waals surface area contributed by atoms with Crippen LogP contribution in [0.4, 0.5) is 0 Å². The molecule has 0 aromatic heterocycles. The van der Waals surface area contributed by atoms with Gasteiger partial charge in [-0.3, -0.25) is 4.79 Å². The third kappa shape index (κ3) is 3.85. The van der Waals surface area contributed by atoms with Gasteiger partial charge in [0.2, 0.25) is 5.91 Å². The van der Waals surface area contributed by atoms with E-state index in [2.05, 4.69) is 26.1 Å². The van der Waals surface area contributed by atoms with Crippen molar-refractivity contribution in [1.82, 2.24) is 5.32 Å². The molecule has 172 valence electrons. The van der Waals surface area contributed by atoms with Crippen molar-refractivity contribution in [3.63, 3.8) is 0 Å². The first-order valence-electron chi connectivity index (χ1n) is 12.8. The average Bonchev–Trinajstić information content (AvgIpc) is 3.08. The Hall–Kier alpha value is -0.610. The number of carbonyl (C=O) groups is 1. The van der Waals surface area contributed by atoms with E-state index >= 15 is 0 Å². The van der Waals surface area contributed by atoms with Crippen molar-refractivity contribution in [2.45, 2.75) is 97.5 Å². The van der Waals surface area contributed by atoms with Crippen molar-refractivity contribution in [2.75, 3.05) is 13.2 Å². The number of fused-ring (bicyclic) bond motifs is 5. The first-order valence-corrected chi connectivity index (χ1v) is 12.8. The van der Waals surface area contributed by atoms with E-state index in [0.717, 1.165) is 48.9 Å². The van der Waals surface area contributed by atoms with E-state index in [0.29, 0.717) is 29.7 Å². The van der Waals surface area contributed by atoms with E-state index in [1.54, 1.807) is 0 Å². The van der Waals surface area contributed by atoms with Crippen LogP contribution < -0.4 is 5.32 Å². The highest BCUT2D eigenvalue weighted by molar-refractivity contribution is 5.75. The van der Waals surface area contributed by atoms with Crippen LogP contribution in [0.25, 0.3) is 0 Å². The lowest BCUT2D eigenvalue weighted by molar-refractivity contribution is -0.129. The van der Waals surface area contributed by atoms with E-state index in [1.807, 2.05) is 0 Å². The third-order valence-electron chi connectivity index (χ3n) is 10.7. The quantitative estimate of drug-likeness (QED) is 0.592. The topological polar surface area (TPSA) is 69.6 Å². The van der Waals surface area contributed by atoms with Gasteiger partial charge in [0, 0.05) is 13.0 Å². The molecule has 9 atom stereocenters. The molecule has 0 heterocycles. The molecule has 0 bridgehead atoms. The summed E-state index contributed by atoms with van der Waals surface area (Å²) in [6.45, 7) is 7.93. The summed E-state index contributed by atoms with van der Waals surface area (Å²) in [5.41, 5.74) is 0.900. The number of aliphatic hydroxyl groups is 2. The van der Waals surface area contributed by atoms with Gasteiger partial charge in [0.05, 0.1) is 12.7 Å².